The molecule has 2 heterocycles. The van der Waals surface area contributed by atoms with Crippen LogP contribution in [0.1, 0.15) is 21.5 Å². The highest BCUT2D eigenvalue weighted by Crippen LogP contribution is 2.39. The van der Waals surface area contributed by atoms with Crippen molar-refractivity contribution in [2.45, 2.75) is 0 Å². The standard InChI is InChI=1S/C26H27FN4O5S2/c1-30(2)10-11-31(38(4,34)35)22-8-6-18(14-20(22)27)28-24(17-9-12-37-15-17)23-19-7-5-16(26(33)36-3)13-21(19)29-25(23)32/h5-9,12-15,28H,10-11H2,1-4H3,(H,29,32)/b24-23-. The minimum absolute atomic E-state index is 0.0658. The van der Waals surface area contributed by atoms with Crippen molar-refractivity contribution in [3.63, 3.8) is 0 Å². The third-order valence-corrected chi connectivity index (χ3v) is 7.74. The summed E-state index contributed by atoms with van der Waals surface area (Å²) in [5.74, 6) is -1.65. The van der Waals surface area contributed by atoms with E-state index in [1.807, 2.05) is 21.7 Å². The normalized spacial score (nSPS) is 14.2. The van der Waals surface area contributed by atoms with Crippen molar-refractivity contribution < 1.29 is 27.1 Å². The third-order valence-electron chi connectivity index (χ3n) is 5.88. The van der Waals surface area contributed by atoms with Crippen LogP contribution in [0.5, 0.6) is 0 Å². The summed E-state index contributed by atoms with van der Waals surface area (Å²) in [4.78, 5) is 26.8. The first-order valence-electron chi connectivity index (χ1n) is 11.5. The Morgan fingerprint density at radius 1 is 1.11 bits per heavy atom. The molecule has 0 radical (unpaired) electrons. The molecule has 0 saturated carbocycles. The van der Waals surface area contributed by atoms with Gasteiger partial charge in [-0.3, -0.25) is 9.10 Å². The number of rotatable bonds is 9. The Bertz CT molecular complexity index is 1520. The summed E-state index contributed by atoms with van der Waals surface area (Å²) >= 11 is 1.43. The number of halogens is 1. The van der Waals surface area contributed by atoms with E-state index < -0.39 is 21.8 Å². The first-order valence-corrected chi connectivity index (χ1v) is 14.3. The van der Waals surface area contributed by atoms with Gasteiger partial charge in [0.1, 0.15) is 5.82 Å². The number of amides is 1. The predicted octanol–water partition coefficient (Wildman–Crippen LogP) is 3.93. The number of sulfonamides is 1. The summed E-state index contributed by atoms with van der Waals surface area (Å²) < 4.78 is 45.8. The number of esters is 1. The predicted molar refractivity (Wildman–Crippen MR) is 148 cm³/mol. The number of carbonyl (C=O) groups excluding carboxylic acids is 2. The molecular formula is C26H27FN4O5S2. The minimum atomic E-state index is -3.72. The number of benzene rings is 2. The zero-order chi connectivity index (χ0) is 27.6. The average molecular weight is 559 g/mol. The molecule has 2 aromatic carbocycles. The molecule has 1 aliphatic rings. The van der Waals surface area contributed by atoms with Gasteiger partial charge in [0.05, 0.1) is 41.6 Å². The molecule has 0 aliphatic carbocycles. The molecule has 2 N–H and O–H groups in total. The molecule has 0 spiro atoms. The minimum Gasteiger partial charge on any atom is -0.465 e. The lowest BCUT2D eigenvalue weighted by Gasteiger charge is -2.25. The zero-order valence-corrected chi connectivity index (χ0v) is 22.9. The topological polar surface area (TPSA) is 108 Å². The van der Waals surface area contributed by atoms with Gasteiger partial charge in [0, 0.05) is 35.3 Å². The number of carbonyl (C=O) groups is 2. The van der Waals surface area contributed by atoms with Gasteiger partial charge in [-0.1, -0.05) is 6.07 Å². The molecular weight excluding hydrogens is 531 g/mol. The van der Waals surface area contributed by atoms with Crippen molar-refractivity contribution in [1.29, 1.82) is 0 Å². The number of thiophene rings is 1. The van der Waals surface area contributed by atoms with Gasteiger partial charge >= 0.3 is 5.97 Å². The van der Waals surface area contributed by atoms with Gasteiger partial charge < -0.3 is 20.3 Å². The third kappa shape index (κ3) is 5.72. The maximum atomic E-state index is 15.3. The van der Waals surface area contributed by atoms with Crippen molar-refractivity contribution in [2.75, 3.05) is 55.5 Å². The van der Waals surface area contributed by atoms with Crippen LogP contribution in [0.4, 0.5) is 21.5 Å². The monoisotopic (exact) mass is 558 g/mol. The van der Waals surface area contributed by atoms with Crippen molar-refractivity contribution in [1.82, 2.24) is 4.90 Å². The summed E-state index contributed by atoms with van der Waals surface area (Å²) in [7, 11) is 1.16. The molecule has 0 unspecified atom stereocenters. The quantitative estimate of drug-likeness (QED) is 0.303. The highest BCUT2D eigenvalue weighted by Gasteiger charge is 2.30. The summed E-state index contributed by atoms with van der Waals surface area (Å²) in [5.41, 5.74) is 3.04. The van der Waals surface area contributed by atoms with Crippen LogP contribution in [0.2, 0.25) is 0 Å². The lowest BCUT2D eigenvalue weighted by atomic mass is 10.00. The van der Waals surface area contributed by atoms with E-state index in [2.05, 4.69) is 10.6 Å². The van der Waals surface area contributed by atoms with Crippen molar-refractivity contribution in [3.05, 3.63) is 75.7 Å². The second-order valence-electron chi connectivity index (χ2n) is 8.90. The Morgan fingerprint density at radius 3 is 2.47 bits per heavy atom. The smallest absolute Gasteiger partial charge is 0.337 e. The van der Waals surface area contributed by atoms with Crippen molar-refractivity contribution >= 4 is 61.6 Å². The molecule has 1 aromatic heterocycles. The van der Waals surface area contributed by atoms with E-state index >= 15 is 4.39 Å². The van der Waals surface area contributed by atoms with E-state index in [4.69, 9.17) is 4.74 Å². The van der Waals surface area contributed by atoms with E-state index in [0.717, 1.165) is 10.6 Å². The second-order valence-corrected chi connectivity index (χ2v) is 11.6. The number of ether oxygens (including phenoxy) is 1. The fourth-order valence-corrected chi connectivity index (χ4v) is 5.60. The fraction of sp³-hybridized carbons (Fsp3) is 0.231. The first-order chi connectivity index (χ1) is 18.0. The summed E-state index contributed by atoms with van der Waals surface area (Å²) in [5, 5.41) is 9.63. The Hall–Kier alpha value is -3.74. The second kappa shape index (κ2) is 10.9. The number of anilines is 3. The number of hydrogen-bond donors (Lipinski definition) is 2. The highest BCUT2D eigenvalue weighted by atomic mass is 32.2. The number of likely N-dealkylation sites (N-methyl/N-ethyl adjacent to an activating group) is 1. The zero-order valence-electron chi connectivity index (χ0n) is 21.2. The van der Waals surface area contributed by atoms with Gasteiger partial charge in [-0.25, -0.2) is 17.6 Å². The van der Waals surface area contributed by atoms with Gasteiger partial charge in [0.15, 0.2) is 0 Å². The lowest BCUT2D eigenvalue weighted by Crippen LogP contribution is -2.36. The van der Waals surface area contributed by atoms with E-state index in [9.17, 15) is 18.0 Å². The van der Waals surface area contributed by atoms with Crippen LogP contribution in [0.15, 0.2) is 53.2 Å². The van der Waals surface area contributed by atoms with Crippen molar-refractivity contribution in [3.8, 4) is 0 Å². The molecule has 0 bridgehead atoms. The molecule has 3 aromatic rings. The lowest BCUT2D eigenvalue weighted by molar-refractivity contribution is -0.110. The van der Waals surface area contributed by atoms with E-state index in [1.54, 1.807) is 38.4 Å². The van der Waals surface area contributed by atoms with Gasteiger partial charge in [-0.2, -0.15) is 11.3 Å². The maximum Gasteiger partial charge on any atom is 0.337 e. The van der Waals surface area contributed by atoms with Crippen LogP contribution in [-0.2, 0) is 19.6 Å². The first kappa shape index (κ1) is 27.3. The van der Waals surface area contributed by atoms with Gasteiger partial charge in [-0.15, -0.1) is 0 Å². The molecule has 4 rings (SSSR count). The molecule has 38 heavy (non-hydrogen) atoms. The Labute approximate surface area is 224 Å². The number of nitrogens with one attached hydrogen (secondary N) is 2. The van der Waals surface area contributed by atoms with Gasteiger partial charge in [0.2, 0.25) is 10.0 Å². The molecule has 1 aliphatic heterocycles. The van der Waals surface area contributed by atoms with Crippen LogP contribution in [0, 0.1) is 5.82 Å². The van der Waals surface area contributed by atoms with Crippen molar-refractivity contribution in [2.24, 2.45) is 0 Å². The molecule has 200 valence electrons. The number of methoxy groups -OCH3 is 1. The molecule has 0 fully saturated rings. The van der Waals surface area contributed by atoms with Crippen LogP contribution in [0.3, 0.4) is 0 Å². The SMILES string of the molecule is COC(=O)c1ccc2c(c1)NC(=O)/C2=C(\Nc1ccc(N(CCN(C)C)S(C)(=O)=O)c(F)c1)c1ccsc1. The number of hydrogen-bond acceptors (Lipinski definition) is 8. The van der Waals surface area contributed by atoms with Crippen LogP contribution < -0.4 is 14.9 Å². The fourth-order valence-electron chi connectivity index (χ4n) is 4.04. The van der Waals surface area contributed by atoms with Gasteiger partial charge in [0.25, 0.3) is 5.91 Å². The molecule has 1 amide bonds. The molecule has 9 nitrogen and oxygen atoms in total. The Balaban J connectivity index is 1.75. The molecule has 0 atom stereocenters. The summed E-state index contributed by atoms with van der Waals surface area (Å²) in [6, 6.07) is 10.7. The molecule has 12 heteroatoms. The van der Waals surface area contributed by atoms with Crippen LogP contribution >= 0.6 is 11.3 Å². The highest BCUT2D eigenvalue weighted by molar-refractivity contribution is 7.92. The number of fused-ring (bicyclic) bond motifs is 1. The average Bonchev–Trinajstić information content (AvgIpc) is 3.49. The van der Waals surface area contributed by atoms with E-state index in [1.165, 1.54) is 30.6 Å². The van der Waals surface area contributed by atoms with Gasteiger partial charge in [-0.05, 0) is 55.9 Å². The van der Waals surface area contributed by atoms with E-state index in [-0.39, 0.29) is 18.1 Å². The van der Waals surface area contributed by atoms with Crippen LogP contribution in [0.25, 0.3) is 11.3 Å². The Kier molecular flexibility index (Phi) is 7.86. The Morgan fingerprint density at radius 2 is 1.87 bits per heavy atom. The van der Waals surface area contributed by atoms with Crippen LogP contribution in [-0.4, -0.2) is 65.7 Å². The molecule has 0 saturated heterocycles. The largest absolute Gasteiger partial charge is 0.465 e. The summed E-state index contributed by atoms with van der Waals surface area (Å²) in [6.07, 6.45) is 1.04. The summed E-state index contributed by atoms with van der Waals surface area (Å²) in [6.45, 7) is 0.497. The van der Waals surface area contributed by atoms with E-state index in [0.29, 0.717) is 45.9 Å². The maximum absolute atomic E-state index is 15.3. The number of nitrogens with zero attached hydrogens (tertiary/aromatic N) is 2.